The Morgan fingerprint density at radius 3 is 2.90 bits per heavy atom. The van der Waals surface area contributed by atoms with Gasteiger partial charge in [-0.3, -0.25) is 9.48 Å². The molecule has 0 unspecified atom stereocenters. The highest BCUT2D eigenvalue weighted by molar-refractivity contribution is 5.76. The Hall–Kier alpha value is -1.40. The third kappa shape index (κ3) is 4.61. The van der Waals surface area contributed by atoms with Crippen LogP contribution in [-0.2, 0) is 16.1 Å². The van der Waals surface area contributed by atoms with Crippen LogP contribution in [0.25, 0.3) is 0 Å². The van der Waals surface area contributed by atoms with Crippen molar-refractivity contribution >= 4 is 5.91 Å². The number of carbonyl (C=O) groups is 1. The second-order valence-corrected chi connectivity index (χ2v) is 5.34. The van der Waals surface area contributed by atoms with Gasteiger partial charge in [0.15, 0.2) is 0 Å². The summed E-state index contributed by atoms with van der Waals surface area (Å²) in [5.41, 5.74) is 1.17. The average molecular weight is 280 g/mol. The van der Waals surface area contributed by atoms with Crippen molar-refractivity contribution in [3.05, 3.63) is 18.0 Å². The van der Waals surface area contributed by atoms with Crippen molar-refractivity contribution in [3.8, 4) is 0 Å². The number of morpholine rings is 1. The van der Waals surface area contributed by atoms with E-state index in [1.54, 1.807) is 0 Å². The van der Waals surface area contributed by atoms with Crippen molar-refractivity contribution in [2.24, 2.45) is 0 Å². The number of rotatable bonds is 6. The second kappa shape index (κ2) is 7.40. The van der Waals surface area contributed by atoms with E-state index in [-0.39, 0.29) is 5.91 Å². The van der Waals surface area contributed by atoms with Gasteiger partial charge < -0.3 is 15.0 Å². The lowest BCUT2D eigenvalue weighted by molar-refractivity contribution is -0.135. The summed E-state index contributed by atoms with van der Waals surface area (Å²) in [6.45, 7) is 8.43. The van der Waals surface area contributed by atoms with E-state index in [2.05, 4.69) is 17.3 Å². The molecule has 112 valence electrons. The standard InChI is InChI=1S/C14H24N4O2/c1-12-9-16-18(10-12)11-13(2)15-4-3-14(19)17-5-7-20-8-6-17/h9-10,13,15H,3-8,11H2,1-2H3/t13-/m0/s1. The van der Waals surface area contributed by atoms with Crippen molar-refractivity contribution in [1.29, 1.82) is 0 Å². The Morgan fingerprint density at radius 1 is 1.50 bits per heavy atom. The first-order chi connectivity index (χ1) is 9.65. The molecule has 0 bridgehead atoms. The Balaban J connectivity index is 1.63. The molecule has 1 aliphatic heterocycles. The molecular weight excluding hydrogens is 256 g/mol. The highest BCUT2D eigenvalue weighted by Gasteiger charge is 2.16. The fourth-order valence-electron chi connectivity index (χ4n) is 2.31. The van der Waals surface area contributed by atoms with Crippen LogP contribution in [0.3, 0.4) is 0 Å². The third-order valence-corrected chi connectivity index (χ3v) is 3.42. The number of aromatic nitrogens is 2. The molecule has 20 heavy (non-hydrogen) atoms. The Kier molecular flexibility index (Phi) is 5.55. The molecule has 6 nitrogen and oxygen atoms in total. The lowest BCUT2D eigenvalue weighted by atomic mass is 10.3. The quantitative estimate of drug-likeness (QED) is 0.820. The van der Waals surface area contributed by atoms with Crippen molar-refractivity contribution in [1.82, 2.24) is 20.0 Å². The second-order valence-electron chi connectivity index (χ2n) is 5.34. The molecule has 1 fully saturated rings. The zero-order valence-electron chi connectivity index (χ0n) is 12.3. The van der Waals surface area contributed by atoms with Crippen molar-refractivity contribution in [3.63, 3.8) is 0 Å². The summed E-state index contributed by atoms with van der Waals surface area (Å²) >= 11 is 0. The van der Waals surface area contributed by atoms with Gasteiger partial charge in [0.2, 0.25) is 5.91 Å². The number of hydrogen-bond acceptors (Lipinski definition) is 4. The molecule has 2 heterocycles. The van der Waals surface area contributed by atoms with Crippen molar-refractivity contribution < 1.29 is 9.53 Å². The first-order valence-electron chi connectivity index (χ1n) is 7.23. The first kappa shape index (κ1) is 15.0. The topological polar surface area (TPSA) is 59.4 Å². The lowest BCUT2D eigenvalue weighted by Gasteiger charge is -2.27. The molecule has 1 amide bonds. The van der Waals surface area contributed by atoms with Crippen LogP contribution in [0.2, 0.25) is 0 Å². The van der Waals surface area contributed by atoms with Crippen LogP contribution in [0.5, 0.6) is 0 Å². The summed E-state index contributed by atoms with van der Waals surface area (Å²) in [6.07, 6.45) is 4.42. The maximum atomic E-state index is 12.0. The fourth-order valence-corrected chi connectivity index (χ4v) is 2.31. The predicted molar refractivity (Wildman–Crippen MR) is 76.4 cm³/mol. The van der Waals surface area contributed by atoms with Gasteiger partial charge in [-0.25, -0.2) is 0 Å². The van der Waals surface area contributed by atoms with E-state index < -0.39 is 0 Å². The van der Waals surface area contributed by atoms with E-state index in [1.165, 1.54) is 5.56 Å². The number of amides is 1. The van der Waals surface area contributed by atoms with E-state index in [0.717, 1.165) is 19.6 Å². The van der Waals surface area contributed by atoms with Crippen LogP contribution in [0.15, 0.2) is 12.4 Å². The summed E-state index contributed by atoms with van der Waals surface area (Å²) in [6, 6.07) is 0.298. The van der Waals surface area contributed by atoms with Gasteiger partial charge in [-0.05, 0) is 19.4 Å². The molecule has 6 heteroatoms. The van der Waals surface area contributed by atoms with Crippen LogP contribution in [0, 0.1) is 6.92 Å². The summed E-state index contributed by atoms with van der Waals surface area (Å²) in [5, 5.41) is 7.63. The third-order valence-electron chi connectivity index (χ3n) is 3.42. The Labute approximate surface area is 120 Å². The monoisotopic (exact) mass is 280 g/mol. The van der Waals surface area contributed by atoms with Gasteiger partial charge in [0.1, 0.15) is 0 Å². The van der Waals surface area contributed by atoms with Crippen LogP contribution in [0.1, 0.15) is 18.9 Å². The van der Waals surface area contributed by atoms with E-state index in [9.17, 15) is 4.79 Å². The Bertz CT molecular complexity index is 427. The zero-order valence-corrected chi connectivity index (χ0v) is 12.3. The van der Waals surface area contributed by atoms with E-state index in [4.69, 9.17) is 4.74 Å². The molecule has 1 saturated heterocycles. The normalized spacial score (nSPS) is 17.2. The highest BCUT2D eigenvalue weighted by atomic mass is 16.5. The molecule has 0 radical (unpaired) electrons. The maximum Gasteiger partial charge on any atom is 0.224 e. The largest absolute Gasteiger partial charge is 0.378 e. The minimum Gasteiger partial charge on any atom is -0.378 e. The van der Waals surface area contributed by atoms with Gasteiger partial charge in [-0.2, -0.15) is 5.10 Å². The van der Waals surface area contributed by atoms with Crippen LogP contribution < -0.4 is 5.32 Å². The van der Waals surface area contributed by atoms with Crippen molar-refractivity contribution in [2.45, 2.75) is 32.9 Å². The summed E-state index contributed by atoms with van der Waals surface area (Å²) < 4.78 is 7.17. The zero-order chi connectivity index (χ0) is 14.4. The lowest BCUT2D eigenvalue weighted by Crippen LogP contribution is -2.42. The van der Waals surface area contributed by atoms with Gasteiger partial charge >= 0.3 is 0 Å². The number of ether oxygens (including phenoxy) is 1. The molecule has 1 atom stereocenters. The van der Waals surface area contributed by atoms with E-state index in [0.29, 0.717) is 32.2 Å². The minimum atomic E-state index is 0.211. The van der Waals surface area contributed by atoms with Gasteiger partial charge in [-0.15, -0.1) is 0 Å². The Morgan fingerprint density at radius 2 is 2.25 bits per heavy atom. The molecule has 1 N–H and O–H groups in total. The van der Waals surface area contributed by atoms with E-state index in [1.807, 2.05) is 28.9 Å². The molecular formula is C14H24N4O2. The molecule has 1 aromatic rings. The van der Waals surface area contributed by atoms with Gasteiger partial charge in [0, 0.05) is 38.3 Å². The summed E-state index contributed by atoms with van der Waals surface area (Å²) in [5.74, 6) is 0.211. The van der Waals surface area contributed by atoms with Gasteiger partial charge in [-0.1, -0.05) is 0 Å². The molecule has 0 aromatic carbocycles. The highest BCUT2D eigenvalue weighted by Crippen LogP contribution is 2.00. The van der Waals surface area contributed by atoms with E-state index >= 15 is 0 Å². The number of carbonyl (C=O) groups excluding carboxylic acids is 1. The van der Waals surface area contributed by atoms with Crippen LogP contribution >= 0.6 is 0 Å². The molecule has 0 aliphatic carbocycles. The number of hydrogen-bond donors (Lipinski definition) is 1. The SMILES string of the molecule is Cc1cnn(C[C@H](C)NCCC(=O)N2CCOCC2)c1. The smallest absolute Gasteiger partial charge is 0.224 e. The molecule has 0 spiro atoms. The van der Waals surface area contributed by atoms with Gasteiger partial charge in [0.25, 0.3) is 0 Å². The van der Waals surface area contributed by atoms with Crippen molar-refractivity contribution in [2.75, 3.05) is 32.8 Å². The fraction of sp³-hybridized carbons (Fsp3) is 0.714. The number of aryl methyl sites for hydroxylation is 1. The molecule has 0 saturated carbocycles. The van der Waals surface area contributed by atoms with Crippen LogP contribution in [-0.4, -0.2) is 59.5 Å². The summed E-state index contributed by atoms with van der Waals surface area (Å²) in [4.78, 5) is 13.8. The van der Waals surface area contributed by atoms with Gasteiger partial charge in [0.05, 0.1) is 26.0 Å². The predicted octanol–water partition coefficient (Wildman–Crippen LogP) is 0.419. The molecule has 2 rings (SSSR count). The maximum absolute atomic E-state index is 12.0. The number of nitrogens with zero attached hydrogens (tertiary/aromatic N) is 3. The summed E-state index contributed by atoms with van der Waals surface area (Å²) in [7, 11) is 0. The first-order valence-corrected chi connectivity index (χ1v) is 7.23. The average Bonchev–Trinajstić information content (AvgIpc) is 2.85. The number of nitrogens with one attached hydrogen (secondary N) is 1. The molecule has 1 aromatic heterocycles. The van der Waals surface area contributed by atoms with Crippen LogP contribution in [0.4, 0.5) is 0 Å². The molecule has 1 aliphatic rings. The minimum absolute atomic E-state index is 0.211.